The highest BCUT2D eigenvalue weighted by Gasteiger charge is 2.36. The molecule has 20 heavy (non-hydrogen) atoms. The third kappa shape index (κ3) is 4.67. The molecule has 0 spiro atoms. The second-order valence-electron chi connectivity index (χ2n) is 5.44. The van der Waals surface area contributed by atoms with Crippen molar-refractivity contribution in [1.82, 2.24) is 15.1 Å². The van der Waals surface area contributed by atoms with E-state index in [1.54, 1.807) is 4.90 Å². The molecule has 116 valence electrons. The van der Waals surface area contributed by atoms with Crippen molar-refractivity contribution in [2.24, 2.45) is 11.8 Å². The van der Waals surface area contributed by atoms with Crippen LogP contribution in [-0.2, 0) is 4.79 Å². The molecule has 6 heteroatoms. The quantitative estimate of drug-likeness (QED) is 0.687. The fourth-order valence-electron chi connectivity index (χ4n) is 2.60. The number of carboxylic acids is 1. The number of nitrogens with one attached hydrogen (secondary N) is 1. The van der Waals surface area contributed by atoms with Gasteiger partial charge < -0.3 is 20.2 Å². The average molecular weight is 285 g/mol. The number of nitrogens with zero attached hydrogens (tertiary/aromatic N) is 2. The zero-order valence-electron chi connectivity index (χ0n) is 12.8. The van der Waals surface area contributed by atoms with E-state index in [1.807, 2.05) is 6.92 Å². The van der Waals surface area contributed by atoms with Crippen LogP contribution in [0.15, 0.2) is 0 Å². The monoisotopic (exact) mass is 285 g/mol. The second kappa shape index (κ2) is 8.09. The summed E-state index contributed by atoms with van der Waals surface area (Å²) in [7, 11) is 0. The highest BCUT2D eigenvalue weighted by atomic mass is 16.4. The van der Waals surface area contributed by atoms with Crippen molar-refractivity contribution >= 4 is 12.0 Å². The first kappa shape index (κ1) is 16.8. The topological polar surface area (TPSA) is 72.9 Å². The predicted octanol–water partition coefficient (Wildman–Crippen LogP) is 1.08. The van der Waals surface area contributed by atoms with Gasteiger partial charge in [0.1, 0.15) is 0 Å². The van der Waals surface area contributed by atoms with Crippen molar-refractivity contribution < 1.29 is 14.7 Å². The van der Waals surface area contributed by atoms with Crippen molar-refractivity contribution in [2.45, 2.75) is 27.2 Å². The third-order valence-electron chi connectivity index (χ3n) is 4.04. The van der Waals surface area contributed by atoms with Gasteiger partial charge in [0.2, 0.25) is 0 Å². The molecular weight excluding hydrogens is 258 g/mol. The summed E-state index contributed by atoms with van der Waals surface area (Å²) in [6, 6.07) is -0.139. The van der Waals surface area contributed by atoms with Crippen molar-refractivity contribution in [3.8, 4) is 0 Å². The summed E-state index contributed by atoms with van der Waals surface area (Å²) in [6.07, 6.45) is 0.916. The van der Waals surface area contributed by atoms with Gasteiger partial charge in [-0.2, -0.15) is 0 Å². The molecular formula is C14H27N3O3. The maximum Gasteiger partial charge on any atom is 0.317 e. The van der Waals surface area contributed by atoms with E-state index in [4.69, 9.17) is 5.11 Å². The van der Waals surface area contributed by atoms with Gasteiger partial charge in [-0.15, -0.1) is 0 Å². The first-order chi connectivity index (χ1) is 9.49. The SMILES string of the molecule is CCN(CC)CCCNC(=O)N1CC(C)C(C(=O)O)C1. The van der Waals surface area contributed by atoms with E-state index in [1.165, 1.54) is 0 Å². The molecule has 0 aromatic carbocycles. The van der Waals surface area contributed by atoms with Crippen molar-refractivity contribution in [1.29, 1.82) is 0 Å². The summed E-state index contributed by atoms with van der Waals surface area (Å²) in [5.74, 6) is -1.22. The number of urea groups is 1. The van der Waals surface area contributed by atoms with Crippen molar-refractivity contribution in [3.05, 3.63) is 0 Å². The van der Waals surface area contributed by atoms with Crippen LogP contribution in [0.5, 0.6) is 0 Å². The van der Waals surface area contributed by atoms with Gasteiger partial charge in [0.25, 0.3) is 0 Å². The summed E-state index contributed by atoms with van der Waals surface area (Å²) in [5, 5.41) is 11.9. The van der Waals surface area contributed by atoms with E-state index in [-0.39, 0.29) is 11.9 Å². The number of hydrogen-bond donors (Lipinski definition) is 2. The van der Waals surface area contributed by atoms with Gasteiger partial charge in [-0.25, -0.2) is 4.79 Å². The Morgan fingerprint density at radius 1 is 1.30 bits per heavy atom. The number of carboxylic acid groups (broad SMARTS) is 1. The lowest BCUT2D eigenvalue weighted by Gasteiger charge is -2.19. The Balaban J connectivity index is 2.25. The van der Waals surface area contributed by atoms with E-state index >= 15 is 0 Å². The second-order valence-corrected chi connectivity index (χ2v) is 5.44. The van der Waals surface area contributed by atoms with Crippen LogP contribution in [0, 0.1) is 11.8 Å². The highest BCUT2D eigenvalue weighted by Crippen LogP contribution is 2.22. The number of likely N-dealkylation sites (tertiary alicyclic amines) is 1. The van der Waals surface area contributed by atoms with Gasteiger partial charge >= 0.3 is 12.0 Å². The minimum Gasteiger partial charge on any atom is -0.481 e. The molecule has 0 aliphatic carbocycles. The largest absolute Gasteiger partial charge is 0.481 e. The van der Waals surface area contributed by atoms with Crippen molar-refractivity contribution in [2.75, 3.05) is 39.3 Å². The zero-order valence-corrected chi connectivity index (χ0v) is 12.8. The summed E-state index contributed by atoms with van der Waals surface area (Å²) in [4.78, 5) is 26.9. The first-order valence-electron chi connectivity index (χ1n) is 7.47. The smallest absolute Gasteiger partial charge is 0.317 e. The molecule has 2 unspecified atom stereocenters. The molecule has 2 atom stereocenters. The average Bonchev–Trinajstić information content (AvgIpc) is 2.81. The summed E-state index contributed by atoms with van der Waals surface area (Å²) in [5.41, 5.74) is 0. The molecule has 0 aromatic heterocycles. The van der Waals surface area contributed by atoms with Crippen LogP contribution < -0.4 is 5.32 Å². The Hall–Kier alpha value is -1.30. The van der Waals surface area contributed by atoms with Gasteiger partial charge in [-0.1, -0.05) is 20.8 Å². The number of carbonyl (C=O) groups is 2. The third-order valence-corrected chi connectivity index (χ3v) is 4.04. The lowest BCUT2D eigenvalue weighted by molar-refractivity contribution is -0.142. The van der Waals surface area contributed by atoms with Gasteiger partial charge in [-0.05, 0) is 32.0 Å². The normalized spacial score (nSPS) is 22.3. The molecule has 1 aliphatic heterocycles. The lowest BCUT2D eigenvalue weighted by Crippen LogP contribution is -2.40. The van der Waals surface area contributed by atoms with Crippen LogP contribution in [0.2, 0.25) is 0 Å². The Kier molecular flexibility index (Phi) is 6.78. The molecule has 6 nitrogen and oxygen atoms in total. The minimum atomic E-state index is -0.811. The van der Waals surface area contributed by atoms with E-state index in [2.05, 4.69) is 24.1 Å². The Bertz CT molecular complexity index is 332. The summed E-state index contributed by atoms with van der Waals surface area (Å²) >= 11 is 0. The number of rotatable bonds is 7. The predicted molar refractivity (Wildman–Crippen MR) is 77.7 cm³/mol. The molecule has 2 amide bonds. The summed E-state index contributed by atoms with van der Waals surface area (Å²) < 4.78 is 0. The Morgan fingerprint density at radius 2 is 1.95 bits per heavy atom. The van der Waals surface area contributed by atoms with E-state index < -0.39 is 11.9 Å². The van der Waals surface area contributed by atoms with E-state index in [0.717, 1.165) is 26.1 Å². The fourth-order valence-corrected chi connectivity index (χ4v) is 2.60. The minimum absolute atomic E-state index is 0.0222. The number of aliphatic carboxylic acids is 1. The molecule has 1 rings (SSSR count). The number of amides is 2. The van der Waals surface area contributed by atoms with Crippen LogP contribution >= 0.6 is 0 Å². The van der Waals surface area contributed by atoms with Gasteiger partial charge in [0, 0.05) is 19.6 Å². The van der Waals surface area contributed by atoms with Crippen LogP contribution in [0.3, 0.4) is 0 Å². The number of carbonyl (C=O) groups excluding carboxylic acids is 1. The molecule has 2 N–H and O–H groups in total. The first-order valence-corrected chi connectivity index (χ1v) is 7.47. The molecule has 1 saturated heterocycles. The van der Waals surface area contributed by atoms with Crippen LogP contribution in [0.25, 0.3) is 0 Å². The molecule has 0 aromatic rings. The van der Waals surface area contributed by atoms with Gasteiger partial charge in [-0.3, -0.25) is 4.79 Å². The lowest BCUT2D eigenvalue weighted by atomic mass is 9.99. The van der Waals surface area contributed by atoms with Gasteiger partial charge in [0.05, 0.1) is 5.92 Å². The van der Waals surface area contributed by atoms with E-state index in [9.17, 15) is 9.59 Å². The molecule has 1 heterocycles. The molecule has 0 bridgehead atoms. The van der Waals surface area contributed by atoms with E-state index in [0.29, 0.717) is 19.6 Å². The summed E-state index contributed by atoms with van der Waals surface area (Å²) in [6.45, 7) is 10.6. The maximum absolute atomic E-state index is 12.0. The number of hydrogen-bond acceptors (Lipinski definition) is 3. The van der Waals surface area contributed by atoms with Gasteiger partial charge in [0.15, 0.2) is 0 Å². The maximum atomic E-state index is 12.0. The highest BCUT2D eigenvalue weighted by molar-refractivity contribution is 5.77. The van der Waals surface area contributed by atoms with Crippen LogP contribution in [0.1, 0.15) is 27.2 Å². The zero-order chi connectivity index (χ0) is 15.1. The van der Waals surface area contributed by atoms with Crippen LogP contribution in [0.4, 0.5) is 4.79 Å². The Labute approximate surface area is 121 Å². The van der Waals surface area contributed by atoms with Crippen LogP contribution in [-0.4, -0.2) is 66.2 Å². The fraction of sp³-hybridized carbons (Fsp3) is 0.857. The Morgan fingerprint density at radius 3 is 2.45 bits per heavy atom. The molecule has 0 radical (unpaired) electrons. The molecule has 1 fully saturated rings. The standard InChI is InChI=1S/C14H27N3O3/c1-4-16(5-2)8-6-7-15-14(20)17-9-11(3)12(10-17)13(18)19/h11-12H,4-10H2,1-3H3,(H,15,20)(H,18,19). The molecule has 1 aliphatic rings. The van der Waals surface area contributed by atoms with Crippen molar-refractivity contribution in [3.63, 3.8) is 0 Å². The molecule has 0 saturated carbocycles.